The van der Waals surface area contributed by atoms with Crippen LogP contribution in [-0.2, 0) is 14.3 Å². The molecular weight excluding hydrogens is 194 g/mol. The lowest BCUT2D eigenvalue weighted by atomic mass is 9.57. The highest BCUT2D eigenvalue weighted by atomic mass is 16.5. The second-order valence-corrected chi connectivity index (χ2v) is 5.53. The molecule has 1 saturated heterocycles. The van der Waals surface area contributed by atoms with E-state index in [4.69, 9.17) is 10.5 Å². The molecule has 2 fully saturated rings. The van der Waals surface area contributed by atoms with Crippen molar-refractivity contribution in [2.45, 2.75) is 33.6 Å². The molecule has 1 saturated carbocycles. The van der Waals surface area contributed by atoms with Gasteiger partial charge in [-0.05, 0) is 18.3 Å². The first-order valence-corrected chi connectivity index (χ1v) is 5.25. The zero-order valence-electron chi connectivity index (χ0n) is 9.42. The highest BCUT2D eigenvalue weighted by Crippen LogP contribution is 2.65. The molecule has 1 aliphatic heterocycles. The molecule has 4 nitrogen and oxygen atoms in total. The average molecular weight is 211 g/mol. The van der Waals surface area contributed by atoms with Crippen LogP contribution in [0.5, 0.6) is 0 Å². The summed E-state index contributed by atoms with van der Waals surface area (Å²) >= 11 is 0. The van der Waals surface area contributed by atoms with Gasteiger partial charge >= 0.3 is 5.97 Å². The summed E-state index contributed by atoms with van der Waals surface area (Å²) in [5.41, 5.74) is 3.77. The first kappa shape index (κ1) is 10.5. The van der Waals surface area contributed by atoms with E-state index in [0.29, 0.717) is 13.0 Å². The first-order chi connectivity index (χ1) is 6.78. The van der Waals surface area contributed by atoms with Gasteiger partial charge in [-0.15, -0.1) is 0 Å². The number of ether oxygens (including phenoxy) is 1. The summed E-state index contributed by atoms with van der Waals surface area (Å²) in [6.07, 6.45) is 1.33. The van der Waals surface area contributed by atoms with E-state index in [2.05, 4.69) is 6.92 Å². The lowest BCUT2D eigenvalue weighted by molar-refractivity contribution is -0.188. The molecule has 2 rings (SSSR count). The van der Waals surface area contributed by atoms with Crippen molar-refractivity contribution in [3.05, 3.63) is 0 Å². The van der Waals surface area contributed by atoms with Crippen LogP contribution in [0, 0.1) is 16.2 Å². The van der Waals surface area contributed by atoms with E-state index >= 15 is 0 Å². The predicted molar refractivity (Wildman–Crippen MR) is 53.7 cm³/mol. The summed E-state index contributed by atoms with van der Waals surface area (Å²) in [5, 5.41) is 0. The molecule has 84 valence electrons. The Morgan fingerprint density at radius 3 is 2.40 bits per heavy atom. The van der Waals surface area contributed by atoms with Crippen LogP contribution in [0.15, 0.2) is 0 Å². The number of rotatable bonds is 1. The third-order valence-electron chi connectivity index (χ3n) is 4.92. The molecule has 15 heavy (non-hydrogen) atoms. The van der Waals surface area contributed by atoms with Gasteiger partial charge in [0.2, 0.25) is 5.91 Å². The van der Waals surface area contributed by atoms with Crippen LogP contribution in [0.4, 0.5) is 0 Å². The van der Waals surface area contributed by atoms with Gasteiger partial charge < -0.3 is 10.5 Å². The van der Waals surface area contributed by atoms with Crippen molar-refractivity contribution in [2.75, 3.05) is 6.61 Å². The zero-order chi connectivity index (χ0) is 11.5. The maximum Gasteiger partial charge on any atom is 0.322 e. The van der Waals surface area contributed by atoms with Crippen LogP contribution in [0.2, 0.25) is 0 Å². The molecular formula is C11H17NO3. The van der Waals surface area contributed by atoms with E-state index in [1.165, 1.54) is 0 Å². The fourth-order valence-corrected chi connectivity index (χ4v) is 3.09. The second kappa shape index (κ2) is 2.54. The lowest BCUT2D eigenvalue weighted by Crippen LogP contribution is -2.59. The second-order valence-electron chi connectivity index (χ2n) is 5.53. The van der Waals surface area contributed by atoms with Gasteiger partial charge in [0, 0.05) is 5.41 Å². The van der Waals surface area contributed by atoms with Crippen molar-refractivity contribution in [3.8, 4) is 0 Å². The highest BCUT2D eigenvalue weighted by Gasteiger charge is 2.71. The first-order valence-electron chi connectivity index (χ1n) is 5.25. The molecule has 0 spiro atoms. The van der Waals surface area contributed by atoms with Gasteiger partial charge in [0.1, 0.15) is 0 Å². The summed E-state index contributed by atoms with van der Waals surface area (Å²) in [4.78, 5) is 23.5. The molecule has 2 atom stereocenters. The summed E-state index contributed by atoms with van der Waals surface area (Å²) in [5.74, 6) is -0.976. The Kier molecular flexibility index (Phi) is 1.77. The normalized spacial score (nSPS) is 42.5. The van der Waals surface area contributed by atoms with Crippen LogP contribution in [0.1, 0.15) is 33.6 Å². The number of cyclic esters (lactones) is 1. The minimum Gasteiger partial charge on any atom is -0.464 e. The molecule has 0 aromatic rings. The van der Waals surface area contributed by atoms with Gasteiger partial charge in [-0.2, -0.15) is 0 Å². The lowest BCUT2D eigenvalue weighted by Gasteiger charge is -2.49. The number of nitrogens with two attached hydrogens (primary N) is 1. The Labute approximate surface area is 89.2 Å². The van der Waals surface area contributed by atoms with Crippen molar-refractivity contribution in [1.29, 1.82) is 0 Å². The standard InChI is InChI=1S/C11H17NO3/c1-9(2)10(3)4-5-11(9,7(12)13)8(14)15-6-10/h4-6H2,1-3H3,(H2,12,13). The van der Waals surface area contributed by atoms with Crippen molar-refractivity contribution in [2.24, 2.45) is 22.0 Å². The van der Waals surface area contributed by atoms with Gasteiger partial charge in [0.25, 0.3) is 0 Å². The molecule has 0 aromatic heterocycles. The van der Waals surface area contributed by atoms with Gasteiger partial charge in [0.05, 0.1) is 6.61 Å². The maximum atomic E-state index is 11.9. The van der Waals surface area contributed by atoms with Crippen molar-refractivity contribution in [1.82, 2.24) is 0 Å². The van der Waals surface area contributed by atoms with E-state index in [-0.39, 0.29) is 5.41 Å². The largest absolute Gasteiger partial charge is 0.464 e. The van der Waals surface area contributed by atoms with Crippen LogP contribution in [0.3, 0.4) is 0 Å². The van der Waals surface area contributed by atoms with E-state index < -0.39 is 22.7 Å². The van der Waals surface area contributed by atoms with E-state index in [1.54, 1.807) is 0 Å². The SMILES string of the molecule is CC12CCC(C(N)=O)(C(=O)OC1)C2(C)C. The van der Waals surface area contributed by atoms with Crippen LogP contribution >= 0.6 is 0 Å². The minimum absolute atomic E-state index is 0.129. The molecule has 2 bridgehead atoms. The van der Waals surface area contributed by atoms with Crippen LogP contribution < -0.4 is 5.73 Å². The predicted octanol–water partition coefficient (Wildman–Crippen LogP) is 0.841. The van der Waals surface area contributed by atoms with Gasteiger partial charge in [-0.3, -0.25) is 9.59 Å². The summed E-state index contributed by atoms with van der Waals surface area (Å²) < 4.78 is 5.13. The molecule has 1 amide bonds. The molecule has 2 aliphatic rings. The minimum atomic E-state index is -1.11. The van der Waals surface area contributed by atoms with Crippen molar-refractivity contribution < 1.29 is 14.3 Å². The zero-order valence-corrected chi connectivity index (χ0v) is 9.42. The van der Waals surface area contributed by atoms with Crippen LogP contribution in [-0.4, -0.2) is 18.5 Å². The van der Waals surface area contributed by atoms with E-state index in [0.717, 1.165) is 6.42 Å². The van der Waals surface area contributed by atoms with Gasteiger partial charge in [-0.25, -0.2) is 0 Å². The molecule has 0 aromatic carbocycles. The third kappa shape index (κ3) is 0.880. The number of esters is 1. The molecule has 0 radical (unpaired) electrons. The number of hydrogen-bond acceptors (Lipinski definition) is 3. The van der Waals surface area contributed by atoms with E-state index in [1.807, 2.05) is 13.8 Å². The van der Waals surface area contributed by atoms with E-state index in [9.17, 15) is 9.59 Å². The Morgan fingerprint density at radius 1 is 1.33 bits per heavy atom. The monoisotopic (exact) mass is 211 g/mol. The third-order valence-corrected chi connectivity index (χ3v) is 4.92. The Balaban J connectivity index is 2.61. The summed E-state index contributed by atoms with van der Waals surface area (Å²) in [7, 11) is 0. The van der Waals surface area contributed by atoms with Crippen LogP contribution in [0.25, 0.3) is 0 Å². The number of fused-ring (bicyclic) bond motifs is 2. The Morgan fingerprint density at radius 2 is 1.93 bits per heavy atom. The van der Waals surface area contributed by atoms with Gasteiger partial charge in [0.15, 0.2) is 5.41 Å². The molecule has 1 aliphatic carbocycles. The molecule has 1 heterocycles. The van der Waals surface area contributed by atoms with Crippen molar-refractivity contribution >= 4 is 11.9 Å². The van der Waals surface area contributed by atoms with Gasteiger partial charge in [-0.1, -0.05) is 20.8 Å². The topological polar surface area (TPSA) is 69.4 Å². The summed E-state index contributed by atoms with van der Waals surface area (Å²) in [6.45, 7) is 6.36. The Bertz CT molecular complexity index is 350. The number of carbonyl (C=O) groups is 2. The number of carbonyl (C=O) groups excluding carboxylic acids is 2. The fourth-order valence-electron chi connectivity index (χ4n) is 3.09. The molecule has 2 unspecified atom stereocenters. The van der Waals surface area contributed by atoms with Crippen molar-refractivity contribution in [3.63, 3.8) is 0 Å². The quantitative estimate of drug-likeness (QED) is 0.516. The average Bonchev–Trinajstić information content (AvgIpc) is 2.27. The fraction of sp³-hybridized carbons (Fsp3) is 0.818. The number of primary amides is 1. The smallest absolute Gasteiger partial charge is 0.322 e. The maximum absolute atomic E-state index is 11.9. The number of hydrogen-bond donors (Lipinski definition) is 1. The Hall–Kier alpha value is -1.06. The number of amides is 1. The molecule has 4 heteroatoms. The highest BCUT2D eigenvalue weighted by molar-refractivity contribution is 6.04. The summed E-state index contributed by atoms with van der Waals surface area (Å²) in [6, 6.07) is 0. The molecule has 2 N–H and O–H groups in total.